The van der Waals surface area contributed by atoms with Gasteiger partial charge in [-0.05, 0) is 62.6 Å². The van der Waals surface area contributed by atoms with Crippen LogP contribution in [0.2, 0.25) is 5.02 Å². The molecule has 1 amide bonds. The Kier molecular flexibility index (Phi) is 7.25. The Morgan fingerprint density at radius 3 is 2.48 bits per heavy atom. The molecule has 2 aromatic carbocycles. The number of hydrogen-bond donors (Lipinski definition) is 1. The summed E-state index contributed by atoms with van der Waals surface area (Å²) in [5.41, 5.74) is 2.77. The third-order valence-electron chi connectivity index (χ3n) is 4.01. The van der Waals surface area contributed by atoms with Crippen molar-refractivity contribution in [3.8, 4) is 5.75 Å². The van der Waals surface area contributed by atoms with E-state index in [1.807, 2.05) is 39.0 Å². The summed E-state index contributed by atoms with van der Waals surface area (Å²) >= 11 is 6.21. The normalized spacial score (nSPS) is 11.6. The summed E-state index contributed by atoms with van der Waals surface area (Å²) < 4.78 is 10.9. The number of nitrogens with one attached hydrogen (secondary N) is 1. The molecule has 1 atom stereocenters. The Balaban J connectivity index is 2.12. The summed E-state index contributed by atoms with van der Waals surface area (Å²) in [4.78, 5) is 24.4. The molecule has 0 saturated heterocycles. The van der Waals surface area contributed by atoms with Crippen LogP contribution in [0.4, 0.5) is 5.69 Å². The summed E-state index contributed by atoms with van der Waals surface area (Å²) in [5, 5.41) is 3.03. The van der Waals surface area contributed by atoms with E-state index in [1.165, 1.54) is 6.07 Å². The fourth-order valence-corrected chi connectivity index (χ4v) is 2.71. The number of anilines is 1. The van der Waals surface area contributed by atoms with E-state index in [2.05, 4.69) is 5.32 Å². The molecule has 0 bridgehead atoms. The van der Waals surface area contributed by atoms with Crippen molar-refractivity contribution in [2.24, 2.45) is 0 Å². The van der Waals surface area contributed by atoms with E-state index in [9.17, 15) is 9.59 Å². The molecule has 6 heteroatoms. The summed E-state index contributed by atoms with van der Waals surface area (Å²) in [6.45, 7) is 7.79. The highest BCUT2D eigenvalue weighted by Crippen LogP contribution is 2.25. The third-order valence-corrected chi connectivity index (χ3v) is 4.33. The molecular weight excluding hydrogens is 366 g/mol. The van der Waals surface area contributed by atoms with Crippen LogP contribution in [0.3, 0.4) is 0 Å². The van der Waals surface area contributed by atoms with Crippen LogP contribution in [0.15, 0.2) is 36.4 Å². The largest absolute Gasteiger partial charge is 0.480 e. The van der Waals surface area contributed by atoms with Gasteiger partial charge in [0, 0.05) is 0 Å². The smallest absolute Gasteiger partial charge is 0.338 e. The van der Waals surface area contributed by atoms with Crippen molar-refractivity contribution in [2.45, 2.75) is 40.2 Å². The fourth-order valence-electron chi connectivity index (χ4n) is 2.48. The molecule has 0 fully saturated rings. The van der Waals surface area contributed by atoms with E-state index in [-0.39, 0.29) is 17.5 Å². The third kappa shape index (κ3) is 5.47. The molecule has 0 heterocycles. The first-order valence-electron chi connectivity index (χ1n) is 8.87. The highest BCUT2D eigenvalue weighted by Gasteiger charge is 2.21. The number of rotatable bonds is 7. The molecule has 0 aliphatic rings. The summed E-state index contributed by atoms with van der Waals surface area (Å²) in [6, 6.07) is 10.5. The maximum atomic E-state index is 12.6. The van der Waals surface area contributed by atoms with Gasteiger partial charge in [-0.15, -0.1) is 0 Å². The molecule has 2 rings (SSSR count). The van der Waals surface area contributed by atoms with Gasteiger partial charge in [-0.1, -0.05) is 30.7 Å². The van der Waals surface area contributed by atoms with Crippen molar-refractivity contribution in [1.29, 1.82) is 0 Å². The number of amides is 1. The van der Waals surface area contributed by atoms with E-state index in [0.717, 1.165) is 11.1 Å². The fraction of sp³-hybridized carbons (Fsp3) is 0.333. The topological polar surface area (TPSA) is 64.6 Å². The van der Waals surface area contributed by atoms with E-state index in [1.54, 1.807) is 19.1 Å². The van der Waals surface area contributed by atoms with E-state index >= 15 is 0 Å². The van der Waals surface area contributed by atoms with E-state index in [0.29, 0.717) is 23.4 Å². The lowest BCUT2D eigenvalue weighted by molar-refractivity contribution is -0.122. The van der Waals surface area contributed by atoms with Crippen LogP contribution in [0, 0.1) is 13.8 Å². The first kappa shape index (κ1) is 20.8. The second-order valence-electron chi connectivity index (χ2n) is 6.19. The molecule has 1 N–H and O–H groups in total. The summed E-state index contributed by atoms with van der Waals surface area (Å²) in [6.07, 6.45) is -0.163. The second kappa shape index (κ2) is 9.42. The Labute approximate surface area is 164 Å². The quantitative estimate of drug-likeness (QED) is 0.682. The van der Waals surface area contributed by atoms with Crippen LogP contribution in [-0.2, 0) is 9.53 Å². The lowest BCUT2D eigenvalue weighted by Crippen LogP contribution is -2.32. The zero-order valence-electron chi connectivity index (χ0n) is 16.0. The first-order chi connectivity index (χ1) is 12.8. The SMILES string of the molecule is CCOC(=O)c1ccc(NC(=O)[C@H](CC)Oc2cc(C)ccc2C)c(Cl)c1. The summed E-state index contributed by atoms with van der Waals surface area (Å²) in [5.74, 6) is -0.0769. The zero-order valence-corrected chi connectivity index (χ0v) is 16.7. The Morgan fingerprint density at radius 1 is 1.11 bits per heavy atom. The highest BCUT2D eigenvalue weighted by atomic mass is 35.5. The minimum atomic E-state index is -0.661. The van der Waals surface area contributed by atoms with Gasteiger partial charge in [-0.3, -0.25) is 4.79 Å². The van der Waals surface area contributed by atoms with Crippen molar-refractivity contribution in [2.75, 3.05) is 11.9 Å². The van der Waals surface area contributed by atoms with Gasteiger partial charge in [0.1, 0.15) is 5.75 Å². The van der Waals surface area contributed by atoms with E-state index in [4.69, 9.17) is 21.1 Å². The van der Waals surface area contributed by atoms with Crippen LogP contribution < -0.4 is 10.1 Å². The van der Waals surface area contributed by atoms with Gasteiger partial charge in [0.15, 0.2) is 6.10 Å². The molecular formula is C21H24ClNO4. The van der Waals surface area contributed by atoms with Crippen LogP contribution >= 0.6 is 11.6 Å². The summed E-state index contributed by atoms with van der Waals surface area (Å²) in [7, 11) is 0. The zero-order chi connectivity index (χ0) is 20.0. The maximum absolute atomic E-state index is 12.6. The van der Waals surface area contributed by atoms with Gasteiger partial charge >= 0.3 is 5.97 Å². The number of aryl methyl sites for hydroxylation is 2. The van der Waals surface area contributed by atoms with Crippen molar-refractivity contribution in [3.63, 3.8) is 0 Å². The van der Waals surface area contributed by atoms with Gasteiger partial charge in [0.25, 0.3) is 5.91 Å². The van der Waals surface area contributed by atoms with Crippen LogP contribution in [0.5, 0.6) is 5.75 Å². The predicted molar refractivity (Wildman–Crippen MR) is 107 cm³/mol. The van der Waals surface area contributed by atoms with Gasteiger partial charge in [-0.2, -0.15) is 0 Å². The van der Waals surface area contributed by atoms with Crippen LogP contribution in [0.25, 0.3) is 0 Å². The van der Waals surface area contributed by atoms with Crippen LogP contribution in [-0.4, -0.2) is 24.6 Å². The minimum absolute atomic E-state index is 0.260. The molecule has 0 aromatic heterocycles. The monoisotopic (exact) mass is 389 g/mol. The average molecular weight is 390 g/mol. The Morgan fingerprint density at radius 2 is 1.85 bits per heavy atom. The second-order valence-corrected chi connectivity index (χ2v) is 6.60. The number of benzene rings is 2. The van der Waals surface area contributed by atoms with Crippen LogP contribution in [0.1, 0.15) is 41.8 Å². The Bertz CT molecular complexity index is 835. The average Bonchev–Trinajstić information content (AvgIpc) is 2.64. The lowest BCUT2D eigenvalue weighted by Gasteiger charge is -2.19. The van der Waals surface area contributed by atoms with Gasteiger partial charge in [0.05, 0.1) is 22.9 Å². The van der Waals surface area contributed by atoms with E-state index < -0.39 is 12.1 Å². The maximum Gasteiger partial charge on any atom is 0.338 e. The van der Waals surface area contributed by atoms with Gasteiger partial charge in [0.2, 0.25) is 0 Å². The molecule has 0 aliphatic heterocycles. The van der Waals surface area contributed by atoms with Crippen molar-refractivity contribution >= 4 is 29.2 Å². The minimum Gasteiger partial charge on any atom is -0.480 e. The molecule has 2 aromatic rings. The highest BCUT2D eigenvalue weighted by molar-refractivity contribution is 6.34. The van der Waals surface area contributed by atoms with Crippen molar-refractivity contribution in [3.05, 3.63) is 58.1 Å². The molecule has 27 heavy (non-hydrogen) atoms. The standard InChI is InChI=1S/C21H24ClNO4/c1-5-18(27-19-11-13(3)7-8-14(19)4)20(24)23-17-10-9-15(12-16(17)22)21(25)26-6-2/h7-12,18H,5-6H2,1-4H3,(H,23,24)/t18-/m0/s1. The molecule has 144 valence electrons. The molecule has 0 spiro atoms. The lowest BCUT2D eigenvalue weighted by atomic mass is 10.1. The predicted octanol–water partition coefficient (Wildman–Crippen LogP) is 4.93. The van der Waals surface area contributed by atoms with Crippen molar-refractivity contribution in [1.82, 2.24) is 0 Å². The molecule has 0 saturated carbocycles. The number of hydrogen-bond acceptors (Lipinski definition) is 4. The Hall–Kier alpha value is -2.53. The number of ether oxygens (including phenoxy) is 2. The number of carbonyl (C=O) groups excluding carboxylic acids is 2. The molecule has 5 nitrogen and oxygen atoms in total. The number of esters is 1. The van der Waals surface area contributed by atoms with Gasteiger partial charge in [-0.25, -0.2) is 4.79 Å². The molecule has 0 radical (unpaired) electrons. The van der Waals surface area contributed by atoms with Crippen molar-refractivity contribution < 1.29 is 19.1 Å². The first-order valence-corrected chi connectivity index (χ1v) is 9.25. The van der Waals surface area contributed by atoms with Gasteiger partial charge < -0.3 is 14.8 Å². The number of halogens is 1. The molecule has 0 aliphatic carbocycles. The number of carbonyl (C=O) groups is 2. The molecule has 0 unspecified atom stereocenters.